The summed E-state index contributed by atoms with van der Waals surface area (Å²) in [6.07, 6.45) is 3.05. The van der Waals surface area contributed by atoms with Crippen molar-refractivity contribution in [3.8, 4) is 11.8 Å². The predicted octanol–water partition coefficient (Wildman–Crippen LogP) is 5.76. The topological polar surface area (TPSA) is 124 Å². The van der Waals surface area contributed by atoms with Gasteiger partial charge >= 0.3 is 0 Å². The van der Waals surface area contributed by atoms with E-state index in [1.807, 2.05) is 36.4 Å². The van der Waals surface area contributed by atoms with Crippen molar-refractivity contribution in [1.82, 2.24) is 9.97 Å². The van der Waals surface area contributed by atoms with E-state index >= 15 is 0 Å². The number of ether oxygens (including phenoxy) is 2. The molecule has 208 valence electrons. The molecule has 3 aromatic rings. The van der Waals surface area contributed by atoms with Crippen LogP contribution in [0.4, 0.5) is 34.5 Å². The third-order valence-corrected chi connectivity index (χ3v) is 7.34. The molecule has 11 heteroatoms. The lowest BCUT2D eigenvalue weighted by Crippen LogP contribution is -2.36. The standard InChI is InChI=1S/C29H32ClN7O3/c1-29(2)9-8-26(38)34-24-16-19(4-6-21(24)29)33-28-32-18-22(30)27(36-28)35-23-7-5-20(37-11-14-39-15-12-37)17-25(23)40-13-3-10-31/h4-7,16-18H,3,8-9,11-15H2,1-2H3,(H,34,38)(H2,32,33,35,36). The molecule has 1 amide bonds. The zero-order valence-corrected chi connectivity index (χ0v) is 23.3. The second-order valence-electron chi connectivity index (χ2n) is 10.4. The minimum Gasteiger partial charge on any atom is -0.490 e. The number of anilines is 6. The lowest BCUT2D eigenvalue weighted by molar-refractivity contribution is -0.116. The van der Waals surface area contributed by atoms with E-state index in [4.69, 9.17) is 26.3 Å². The summed E-state index contributed by atoms with van der Waals surface area (Å²) in [7, 11) is 0. The normalized spacial score (nSPS) is 16.2. The van der Waals surface area contributed by atoms with E-state index in [9.17, 15) is 4.79 Å². The number of carbonyl (C=O) groups is 1. The minimum atomic E-state index is -0.120. The van der Waals surface area contributed by atoms with Gasteiger partial charge in [0, 0.05) is 42.6 Å². The molecule has 0 bridgehead atoms. The maximum atomic E-state index is 12.3. The Labute approximate surface area is 238 Å². The monoisotopic (exact) mass is 561 g/mol. The molecule has 5 rings (SSSR count). The van der Waals surface area contributed by atoms with Crippen molar-refractivity contribution in [1.29, 1.82) is 5.26 Å². The van der Waals surface area contributed by atoms with Crippen LogP contribution in [-0.2, 0) is 14.9 Å². The molecule has 1 fully saturated rings. The van der Waals surface area contributed by atoms with Gasteiger partial charge in [0.25, 0.3) is 0 Å². The van der Waals surface area contributed by atoms with Crippen LogP contribution in [0.1, 0.15) is 38.7 Å². The third-order valence-electron chi connectivity index (χ3n) is 7.07. The first-order chi connectivity index (χ1) is 19.3. The van der Waals surface area contributed by atoms with Crippen LogP contribution in [0.5, 0.6) is 5.75 Å². The summed E-state index contributed by atoms with van der Waals surface area (Å²) < 4.78 is 11.4. The van der Waals surface area contributed by atoms with E-state index in [0.717, 1.165) is 42.1 Å². The number of amides is 1. The van der Waals surface area contributed by atoms with Gasteiger partial charge in [-0.2, -0.15) is 10.2 Å². The highest BCUT2D eigenvalue weighted by Gasteiger charge is 2.28. The smallest absolute Gasteiger partial charge is 0.229 e. The lowest BCUT2D eigenvalue weighted by atomic mass is 9.80. The summed E-state index contributed by atoms with van der Waals surface area (Å²) in [5.74, 6) is 1.33. The fourth-order valence-electron chi connectivity index (χ4n) is 4.82. The minimum absolute atomic E-state index is 0.00522. The third kappa shape index (κ3) is 6.38. The fraction of sp³-hybridized carbons (Fsp3) is 0.379. The molecule has 40 heavy (non-hydrogen) atoms. The molecule has 1 aromatic heterocycles. The Morgan fingerprint density at radius 3 is 2.83 bits per heavy atom. The molecule has 10 nitrogen and oxygen atoms in total. The maximum absolute atomic E-state index is 12.3. The van der Waals surface area contributed by atoms with E-state index in [2.05, 4.69) is 50.7 Å². The van der Waals surface area contributed by atoms with Crippen LogP contribution < -0.4 is 25.6 Å². The van der Waals surface area contributed by atoms with Gasteiger partial charge in [-0.15, -0.1) is 0 Å². The number of halogens is 1. The highest BCUT2D eigenvalue weighted by molar-refractivity contribution is 6.33. The number of morpholine rings is 1. The number of benzene rings is 2. The van der Waals surface area contributed by atoms with E-state index in [0.29, 0.717) is 47.9 Å². The van der Waals surface area contributed by atoms with E-state index < -0.39 is 0 Å². The number of rotatable bonds is 8. The molecular weight excluding hydrogens is 530 g/mol. The van der Waals surface area contributed by atoms with Gasteiger partial charge in [-0.25, -0.2) is 4.98 Å². The van der Waals surface area contributed by atoms with Crippen LogP contribution >= 0.6 is 11.6 Å². The number of fused-ring (bicyclic) bond motifs is 1. The van der Waals surface area contributed by atoms with Gasteiger partial charge in [0.1, 0.15) is 17.4 Å². The number of carbonyl (C=O) groups excluding carboxylic acids is 1. The molecule has 0 aliphatic carbocycles. The lowest BCUT2D eigenvalue weighted by Gasteiger charge is -2.29. The molecule has 2 aliphatic rings. The highest BCUT2D eigenvalue weighted by atomic mass is 35.5. The SMILES string of the molecule is CC1(C)CCC(=O)Nc2cc(Nc3ncc(Cl)c(Nc4ccc(N5CCOCC5)cc4OCCC#N)n3)ccc21. The van der Waals surface area contributed by atoms with Crippen molar-refractivity contribution < 1.29 is 14.3 Å². The quantitative estimate of drug-likeness (QED) is 0.294. The average molecular weight is 562 g/mol. The van der Waals surface area contributed by atoms with Gasteiger partial charge in [0.2, 0.25) is 11.9 Å². The Bertz CT molecular complexity index is 1430. The van der Waals surface area contributed by atoms with Crippen molar-refractivity contribution in [3.05, 3.63) is 53.2 Å². The van der Waals surface area contributed by atoms with Gasteiger partial charge in [-0.05, 0) is 41.7 Å². The van der Waals surface area contributed by atoms with Crippen LogP contribution in [0.2, 0.25) is 5.02 Å². The van der Waals surface area contributed by atoms with Gasteiger partial charge < -0.3 is 30.3 Å². The summed E-state index contributed by atoms with van der Waals surface area (Å²) in [5, 5.41) is 18.8. The molecule has 0 radical (unpaired) electrons. The molecule has 1 saturated heterocycles. The Balaban J connectivity index is 1.38. The first-order valence-electron chi connectivity index (χ1n) is 13.3. The largest absolute Gasteiger partial charge is 0.490 e. The highest BCUT2D eigenvalue weighted by Crippen LogP contribution is 2.39. The summed E-state index contributed by atoms with van der Waals surface area (Å²) in [5.41, 5.74) is 4.16. The second-order valence-corrected chi connectivity index (χ2v) is 10.8. The van der Waals surface area contributed by atoms with Crippen LogP contribution in [-0.4, -0.2) is 48.8 Å². The molecule has 2 aromatic carbocycles. The molecule has 0 atom stereocenters. The zero-order chi connectivity index (χ0) is 28.1. The van der Waals surface area contributed by atoms with Crippen molar-refractivity contribution >= 4 is 52.0 Å². The Morgan fingerprint density at radius 1 is 1.20 bits per heavy atom. The number of aromatic nitrogens is 2. The molecular formula is C29H32ClN7O3. The molecule has 2 aliphatic heterocycles. The first kappa shape index (κ1) is 27.5. The molecule has 3 N–H and O–H groups in total. The molecule has 3 heterocycles. The molecule has 0 spiro atoms. The Morgan fingerprint density at radius 2 is 2.02 bits per heavy atom. The summed E-state index contributed by atoms with van der Waals surface area (Å²) in [4.78, 5) is 23.4. The van der Waals surface area contributed by atoms with E-state index in [1.54, 1.807) is 0 Å². The van der Waals surface area contributed by atoms with Crippen molar-refractivity contribution in [2.45, 2.75) is 38.5 Å². The number of nitrogens with one attached hydrogen (secondary N) is 3. The van der Waals surface area contributed by atoms with Crippen LogP contribution in [0.15, 0.2) is 42.6 Å². The average Bonchev–Trinajstić information content (AvgIpc) is 3.06. The van der Waals surface area contributed by atoms with Gasteiger partial charge in [0.05, 0.1) is 37.6 Å². The van der Waals surface area contributed by atoms with E-state index in [-0.39, 0.29) is 24.3 Å². The van der Waals surface area contributed by atoms with Crippen molar-refractivity contribution in [3.63, 3.8) is 0 Å². The number of nitriles is 1. The molecule has 0 saturated carbocycles. The Hall–Kier alpha value is -4.07. The summed E-state index contributed by atoms with van der Waals surface area (Å²) in [6.45, 7) is 7.48. The number of nitrogens with zero attached hydrogens (tertiary/aromatic N) is 4. The number of hydrogen-bond acceptors (Lipinski definition) is 9. The number of hydrogen-bond donors (Lipinski definition) is 3. The summed E-state index contributed by atoms with van der Waals surface area (Å²) >= 11 is 6.47. The first-order valence-corrected chi connectivity index (χ1v) is 13.7. The second kappa shape index (κ2) is 12.0. The van der Waals surface area contributed by atoms with Gasteiger partial charge in [-0.1, -0.05) is 31.5 Å². The summed E-state index contributed by atoms with van der Waals surface area (Å²) in [6, 6.07) is 13.9. The van der Waals surface area contributed by atoms with Crippen molar-refractivity contribution in [2.75, 3.05) is 53.8 Å². The van der Waals surface area contributed by atoms with Crippen LogP contribution in [0.25, 0.3) is 0 Å². The predicted molar refractivity (Wildman–Crippen MR) is 156 cm³/mol. The molecule has 0 unspecified atom stereocenters. The van der Waals surface area contributed by atoms with Gasteiger partial charge in [0.15, 0.2) is 5.82 Å². The van der Waals surface area contributed by atoms with Crippen LogP contribution in [0.3, 0.4) is 0 Å². The van der Waals surface area contributed by atoms with Crippen LogP contribution in [0, 0.1) is 11.3 Å². The van der Waals surface area contributed by atoms with Crippen molar-refractivity contribution in [2.24, 2.45) is 0 Å². The maximum Gasteiger partial charge on any atom is 0.229 e. The fourth-order valence-corrected chi connectivity index (χ4v) is 4.96. The van der Waals surface area contributed by atoms with E-state index in [1.165, 1.54) is 6.20 Å². The Kier molecular flexibility index (Phi) is 8.24. The van der Waals surface area contributed by atoms with Gasteiger partial charge in [-0.3, -0.25) is 4.79 Å². The zero-order valence-electron chi connectivity index (χ0n) is 22.6.